The second-order valence-corrected chi connectivity index (χ2v) is 6.86. The van der Waals surface area contributed by atoms with Gasteiger partial charge in [0.1, 0.15) is 0 Å². The molecule has 0 fully saturated rings. The molecule has 112 valence electrons. The Kier molecular flexibility index (Phi) is 4.77. The monoisotopic (exact) mass is 351 g/mol. The first kappa shape index (κ1) is 15.1. The van der Waals surface area contributed by atoms with Gasteiger partial charge in [-0.1, -0.05) is 46.8 Å². The summed E-state index contributed by atoms with van der Waals surface area (Å²) in [7, 11) is 0. The third kappa shape index (κ3) is 3.88. The maximum Gasteiger partial charge on any atom is 0.293 e. The summed E-state index contributed by atoms with van der Waals surface area (Å²) in [4.78, 5) is 11.8. The minimum atomic E-state index is -0.340. The van der Waals surface area contributed by atoms with E-state index in [0.29, 0.717) is 10.2 Å². The minimum absolute atomic E-state index is 0.239. The van der Waals surface area contributed by atoms with Gasteiger partial charge in [-0.15, -0.1) is 10.2 Å². The van der Waals surface area contributed by atoms with Crippen molar-refractivity contribution in [3.05, 3.63) is 59.0 Å². The van der Waals surface area contributed by atoms with Crippen LogP contribution in [-0.2, 0) is 5.75 Å². The van der Waals surface area contributed by atoms with E-state index < -0.39 is 0 Å². The summed E-state index contributed by atoms with van der Waals surface area (Å²) in [6, 6.07) is 10.9. The first-order valence-corrected chi connectivity index (χ1v) is 8.44. The second kappa shape index (κ2) is 6.95. The van der Waals surface area contributed by atoms with Crippen LogP contribution in [0.15, 0.2) is 51.4 Å². The van der Waals surface area contributed by atoms with Crippen molar-refractivity contribution in [1.29, 1.82) is 0 Å². The highest BCUT2D eigenvalue weighted by Crippen LogP contribution is 2.29. The molecule has 0 bridgehead atoms. The SMILES string of the molecule is O=C(Nc1nnc(SCc2cccc(Cl)c2)s1)c1ccco1. The Hall–Kier alpha value is -1.83. The van der Waals surface area contributed by atoms with Crippen LogP contribution >= 0.6 is 34.7 Å². The number of carbonyl (C=O) groups excluding carboxylic acids is 1. The summed E-state index contributed by atoms with van der Waals surface area (Å²) in [6.07, 6.45) is 1.45. The van der Waals surface area contributed by atoms with Crippen LogP contribution in [0.2, 0.25) is 5.02 Å². The lowest BCUT2D eigenvalue weighted by atomic mass is 10.2. The van der Waals surface area contributed by atoms with Gasteiger partial charge in [-0.2, -0.15) is 0 Å². The van der Waals surface area contributed by atoms with E-state index in [-0.39, 0.29) is 11.7 Å². The van der Waals surface area contributed by atoms with Crippen LogP contribution < -0.4 is 5.32 Å². The van der Waals surface area contributed by atoms with Gasteiger partial charge < -0.3 is 4.42 Å². The maximum absolute atomic E-state index is 11.8. The van der Waals surface area contributed by atoms with Crippen LogP contribution in [0.25, 0.3) is 0 Å². The number of hydrogen-bond donors (Lipinski definition) is 1. The summed E-state index contributed by atoms with van der Waals surface area (Å²) in [5.74, 6) is 0.636. The van der Waals surface area contributed by atoms with Gasteiger partial charge in [-0.3, -0.25) is 10.1 Å². The van der Waals surface area contributed by atoms with Gasteiger partial charge in [0.15, 0.2) is 10.1 Å². The normalized spacial score (nSPS) is 10.6. The van der Waals surface area contributed by atoms with Crippen molar-refractivity contribution in [3.63, 3.8) is 0 Å². The molecule has 1 amide bonds. The Morgan fingerprint density at radius 2 is 2.23 bits per heavy atom. The number of furan rings is 1. The van der Waals surface area contributed by atoms with E-state index in [1.807, 2.05) is 24.3 Å². The summed E-state index contributed by atoms with van der Waals surface area (Å²) in [6.45, 7) is 0. The highest BCUT2D eigenvalue weighted by Gasteiger charge is 2.12. The molecule has 0 unspecified atom stereocenters. The number of hydrogen-bond acceptors (Lipinski definition) is 6. The van der Waals surface area contributed by atoms with Crippen molar-refractivity contribution in [3.8, 4) is 0 Å². The summed E-state index contributed by atoms with van der Waals surface area (Å²) < 4.78 is 5.79. The topological polar surface area (TPSA) is 68.0 Å². The molecule has 22 heavy (non-hydrogen) atoms. The van der Waals surface area contributed by atoms with Crippen molar-refractivity contribution < 1.29 is 9.21 Å². The fourth-order valence-electron chi connectivity index (χ4n) is 1.66. The van der Waals surface area contributed by atoms with Crippen molar-refractivity contribution in [2.45, 2.75) is 10.1 Å². The smallest absolute Gasteiger partial charge is 0.293 e. The van der Waals surface area contributed by atoms with Crippen molar-refractivity contribution >= 4 is 45.7 Å². The Bertz CT molecular complexity index is 774. The number of anilines is 1. The lowest BCUT2D eigenvalue weighted by Crippen LogP contribution is -2.10. The minimum Gasteiger partial charge on any atom is -0.459 e. The standard InChI is InChI=1S/C14H10ClN3O2S2/c15-10-4-1-3-9(7-10)8-21-14-18-17-13(22-14)16-12(19)11-5-2-6-20-11/h1-7H,8H2,(H,16,17,19). The molecular weight excluding hydrogens is 342 g/mol. The predicted octanol–water partition coefficient (Wildman–Crippen LogP) is 4.33. The molecule has 0 radical (unpaired) electrons. The average Bonchev–Trinajstić information content (AvgIpc) is 3.17. The molecule has 0 spiro atoms. The number of amides is 1. The molecule has 1 N–H and O–H groups in total. The molecule has 0 saturated carbocycles. The quantitative estimate of drug-likeness (QED) is 0.547. The molecule has 1 aromatic carbocycles. The molecule has 0 aliphatic rings. The van der Waals surface area contributed by atoms with Crippen LogP contribution in [0.4, 0.5) is 5.13 Å². The van der Waals surface area contributed by atoms with Crippen LogP contribution in [0.1, 0.15) is 16.1 Å². The van der Waals surface area contributed by atoms with Gasteiger partial charge in [0.2, 0.25) is 5.13 Å². The van der Waals surface area contributed by atoms with Crippen LogP contribution in [0, 0.1) is 0 Å². The number of thioether (sulfide) groups is 1. The fraction of sp³-hybridized carbons (Fsp3) is 0.0714. The molecule has 0 saturated heterocycles. The van der Waals surface area contributed by atoms with Crippen LogP contribution in [0.3, 0.4) is 0 Å². The van der Waals surface area contributed by atoms with E-state index >= 15 is 0 Å². The third-order valence-electron chi connectivity index (χ3n) is 2.62. The largest absolute Gasteiger partial charge is 0.459 e. The van der Waals surface area contributed by atoms with Crippen LogP contribution in [0.5, 0.6) is 0 Å². The summed E-state index contributed by atoms with van der Waals surface area (Å²) in [5, 5.41) is 11.8. The van der Waals surface area contributed by atoms with Gasteiger partial charge >= 0.3 is 0 Å². The van der Waals surface area contributed by atoms with Gasteiger partial charge in [-0.05, 0) is 29.8 Å². The lowest BCUT2D eigenvalue weighted by molar-refractivity contribution is 0.0996. The summed E-state index contributed by atoms with van der Waals surface area (Å²) in [5.41, 5.74) is 1.11. The van der Waals surface area contributed by atoms with E-state index in [0.717, 1.165) is 15.7 Å². The molecule has 0 aliphatic carbocycles. The zero-order valence-electron chi connectivity index (χ0n) is 11.2. The Balaban J connectivity index is 1.58. The van der Waals surface area contributed by atoms with Crippen molar-refractivity contribution in [1.82, 2.24) is 10.2 Å². The van der Waals surface area contributed by atoms with Gasteiger partial charge in [0.05, 0.1) is 6.26 Å². The molecule has 5 nitrogen and oxygen atoms in total. The van der Waals surface area contributed by atoms with Gasteiger partial charge in [0.25, 0.3) is 5.91 Å². The maximum atomic E-state index is 11.8. The van der Waals surface area contributed by atoms with E-state index in [9.17, 15) is 4.79 Å². The van der Waals surface area contributed by atoms with E-state index in [1.165, 1.54) is 29.4 Å². The first-order valence-electron chi connectivity index (χ1n) is 6.26. The molecule has 3 rings (SSSR count). The third-order valence-corrected chi connectivity index (χ3v) is 4.90. The molecule has 3 aromatic rings. The van der Waals surface area contributed by atoms with Crippen LogP contribution in [-0.4, -0.2) is 16.1 Å². The Morgan fingerprint density at radius 1 is 1.32 bits per heavy atom. The predicted molar refractivity (Wildman–Crippen MR) is 87.6 cm³/mol. The number of nitrogens with one attached hydrogen (secondary N) is 1. The summed E-state index contributed by atoms with van der Waals surface area (Å²) >= 11 is 8.80. The number of rotatable bonds is 5. The fourth-order valence-corrected chi connectivity index (χ4v) is 3.56. The van der Waals surface area contributed by atoms with Gasteiger partial charge in [-0.25, -0.2) is 0 Å². The van der Waals surface area contributed by atoms with Gasteiger partial charge in [0, 0.05) is 10.8 Å². The average molecular weight is 352 g/mol. The number of benzene rings is 1. The molecule has 0 aliphatic heterocycles. The highest BCUT2D eigenvalue weighted by atomic mass is 35.5. The van der Waals surface area contributed by atoms with E-state index in [4.69, 9.17) is 16.0 Å². The number of carbonyl (C=O) groups is 1. The molecule has 8 heteroatoms. The first-order chi connectivity index (χ1) is 10.7. The number of aromatic nitrogens is 2. The van der Waals surface area contributed by atoms with E-state index in [1.54, 1.807) is 12.1 Å². The molecule has 2 aromatic heterocycles. The van der Waals surface area contributed by atoms with E-state index in [2.05, 4.69) is 15.5 Å². The molecule has 0 atom stereocenters. The van der Waals surface area contributed by atoms with Crippen molar-refractivity contribution in [2.24, 2.45) is 0 Å². The number of nitrogens with zero attached hydrogens (tertiary/aromatic N) is 2. The zero-order valence-corrected chi connectivity index (χ0v) is 13.5. The molecular formula is C14H10ClN3O2S2. The highest BCUT2D eigenvalue weighted by molar-refractivity contribution is 8.00. The van der Waals surface area contributed by atoms with Crippen molar-refractivity contribution in [2.75, 3.05) is 5.32 Å². The molecule has 2 heterocycles. The Labute approximate surface area is 139 Å². The second-order valence-electron chi connectivity index (χ2n) is 4.22. The Morgan fingerprint density at radius 3 is 3.00 bits per heavy atom. The lowest BCUT2D eigenvalue weighted by Gasteiger charge is -1.98. The number of halogens is 1. The zero-order chi connectivity index (χ0) is 15.4.